The molecule has 0 aromatic rings. The summed E-state index contributed by atoms with van der Waals surface area (Å²) in [6.07, 6.45) is -0.684. The zero-order chi connectivity index (χ0) is 10.9. The number of hydrogen-bond donors (Lipinski definition) is 1. The SMILES string of the molecule is CON(C)C(=O)[C@@H]1CC(F)(F)CN1O. The van der Waals surface area contributed by atoms with E-state index in [1.54, 1.807) is 0 Å². The third kappa shape index (κ3) is 2.17. The van der Waals surface area contributed by atoms with E-state index < -0.39 is 30.8 Å². The van der Waals surface area contributed by atoms with Crippen molar-refractivity contribution in [1.29, 1.82) is 0 Å². The van der Waals surface area contributed by atoms with Crippen LogP contribution in [0.5, 0.6) is 0 Å². The molecule has 5 nitrogen and oxygen atoms in total. The van der Waals surface area contributed by atoms with E-state index in [1.165, 1.54) is 14.2 Å². The van der Waals surface area contributed by atoms with E-state index in [0.29, 0.717) is 5.06 Å². The molecular weight excluding hydrogens is 198 g/mol. The quantitative estimate of drug-likeness (QED) is 0.657. The van der Waals surface area contributed by atoms with Crippen molar-refractivity contribution in [2.75, 3.05) is 20.7 Å². The lowest BCUT2D eigenvalue weighted by molar-refractivity contribution is -0.188. The molecule has 1 aliphatic heterocycles. The third-order valence-electron chi connectivity index (χ3n) is 2.11. The van der Waals surface area contributed by atoms with Gasteiger partial charge in [0.25, 0.3) is 11.8 Å². The molecule has 0 unspecified atom stereocenters. The molecule has 1 heterocycles. The molecule has 1 N–H and O–H groups in total. The summed E-state index contributed by atoms with van der Waals surface area (Å²) in [5.41, 5.74) is 0. The van der Waals surface area contributed by atoms with E-state index in [0.717, 1.165) is 5.06 Å². The molecule has 82 valence electrons. The van der Waals surface area contributed by atoms with Gasteiger partial charge < -0.3 is 5.21 Å². The van der Waals surface area contributed by atoms with Gasteiger partial charge in [-0.05, 0) is 0 Å². The van der Waals surface area contributed by atoms with Crippen molar-refractivity contribution in [3.63, 3.8) is 0 Å². The Bertz CT molecular complexity index is 237. The Morgan fingerprint density at radius 3 is 2.64 bits per heavy atom. The van der Waals surface area contributed by atoms with Gasteiger partial charge >= 0.3 is 0 Å². The summed E-state index contributed by atoms with van der Waals surface area (Å²) in [5.74, 6) is -3.71. The second kappa shape index (κ2) is 3.76. The van der Waals surface area contributed by atoms with Crippen LogP contribution in [-0.4, -0.2) is 53.9 Å². The van der Waals surface area contributed by atoms with Crippen molar-refractivity contribution in [1.82, 2.24) is 10.1 Å². The fourth-order valence-corrected chi connectivity index (χ4v) is 1.31. The van der Waals surface area contributed by atoms with Crippen molar-refractivity contribution < 1.29 is 23.6 Å². The van der Waals surface area contributed by atoms with Crippen LogP contribution >= 0.6 is 0 Å². The lowest BCUT2D eigenvalue weighted by atomic mass is 10.2. The molecular formula is C7H12F2N2O3. The molecule has 0 aromatic carbocycles. The molecule has 7 heteroatoms. The standard InChI is InChI=1S/C7H12F2N2O3/c1-10(14-2)6(12)5-3-7(8,9)4-11(5)13/h5,13H,3-4H2,1-2H3/t5-/m0/s1. The van der Waals surface area contributed by atoms with E-state index in [-0.39, 0.29) is 0 Å². The zero-order valence-corrected chi connectivity index (χ0v) is 7.91. The number of rotatable bonds is 2. The summed E-state index contributed by atoms with van der Waals surface area (Å²) in [5, 5.41) is 10.2. The fourth-order valence-electron chi connectivity index (χ4n) is 1.31. The van der Waals surface area contributed by atoms with Gasteiger partial charge in [0, 0.05) is 13.5 Å². The van der Waals surface area contributed by atoms with Crippen LogP contribution in [0.4, 0.5) is 8.78 Å². The summed E-state index contributed by atoms with van der Waals surface area (Å²) < 4.78 is 25.5. The Balaban J connectivity index is 2.66. The van der Waals surface area contributed by atoms with Gasteiger partial charge in [-0.1, -0.05) is 0 Å². The first-order valence-corrected chi connectivity index (χ1v) is 4.02. The van der Waals surface area contributed by atoms with Crippen molar-refractivity contribution in [2.45, 2.75) is 18.4 Å². The maximum absolute atomic E-state index is 12.8. The summed E-state index contributed by atoms with van der Waals surface area (Å²) in [6, 6.07) is -1.23. The van der Waals surface area contributed by atoms with Crippen molar-refractivity contribution >= 4 is 5.91 Å². The highest BCUT2D eigenvalue weighted by molar-refractivity contribution is 5.81. The third-order valence-corrected chi connectivity index (χ3v) is 2.11. The Kier molecular flexibility index (Phi) is 3.03. The first kappa shape index (κ1) is 11.3. The first-order chi connectivity index (χ1) is 6.37. The average molecular weight is 210 g/mol. The van der Waals surface area contributed by atoms with E-state index in [9.17, 15) is 13.6 Å². The van der Waals surface area contributed by atoms with Gasteiger partial charge in [0.2, 0.25) is 0 Å². The topological polar surface area (TPSA) is 53.0 Å². The predicted molar refractivity (Wildman–Crippen MR) is 41.6 cm³/mol. The monoisotopic (exact) mass is 210 g/mol. The van der Waals surface area contributed by atoms with Crippen molar-refractivity contribution in [3.05, 3.63) is 0 Å². The summed E-state index contributed by atoms with van der Waals surface area (Å²) in [6.45, 7) is -0.818. The Labute approximate surface area is 79.8 Å². The molecule has 1 fully saturated rings. The van der Waals surface area contributed by atoms with Gasteiger partial charge in [0.1, 0.15) is 6.04 Å². The number of hydroxylamine groups is 4. The highest BCUT2D eigenvalue weighted by Gasteiger charge is 2.48. The number of alkyl halides is 2. The van der Waals surface area contributed by atoms with Gasteiger partial charge in [-0.25, -0.2) is 13.8 Å². The zero-order valence-electron chi connectivity index (χ0n) is 7.91. The second-order valence-electron chi connectivity index (χ2n) is 3.19. The van der Waals surface area contributed by atoms with Gasteiger partial charge in [-0.3, -0.25) is 9.63 Å². The second-order valence-corrected chi connectivity index (χ2v) is 3.19. The summed E-state index contributed by atoms with van der Waals surface area (Å²) in [4.78, 5) is 15.9. The van der Waals surface area contributed by atoms with E-state index in [2.05, 4.69) is 4.84 Å². The van der Waals surface area contributed by atoms with Crippen LogP contribution in [0.2, 0.25) is 0 Å². The molecule has 1 saturated heterocycles. The number of hydrogen-bond acceptors (Lipinski definition) is 4. The molecule has 0 saturated carbocycles. The van der Waals surface area contributed by atoms with E-state index in [4.69, 9.17) is 5.21 Å². The number of likely N-dealkylation sites (N-methyl/N-ethyl adjacent to an activating group) is 1. The smallest absolute Gasteiger partial charge is 0.265 e. The minimum absolute atomic E-state index is 0.345. The normalized spacial score (nSPS) is 26.5. The van der Waals surface area contributed by atoms with Crippen LogP contribution in [0.25, 0.3) is 0 Å². The molecule has 14 heavy (non-hydrogen) atoms. The molecule has 0 radical (unpaired) electrons. The van der Waals surface area contributed by atoms with E-state index in [1.807, 2.05) is 0 Å². The number of halogens is 2. The minimum Gasteiger partial charge on any atom is -0.313 e. The van der Waals surface area contributed by atoms with Crippen LogP contribution in [0.1, 0.15) is 6.42 Å². The minimum atomic E-state index is -3.02. The van der Waals surface area contributed by atoms with Crippen LogP contribution < -0.4 is 0 Å². The first-order valence-electron chi connectivity index (χ1n) is 4.02. The molecule has 0 spiro atoms. The highest BCUT2D eigenvalue weighted by atomic mass is 19.3. The van der Waals surface area contributed by atoms with Crippen LogP contribution in [0, 0.1) is 0 Å². The Morgan fingerprint density at radius 1 is 1.71 bits per heavy atom. The average Bonchev–Trinajstić information content (AvgIpc) is 2.37. The molecule has 0 bridgehead atoms. The lowest BCUT2D eigenvalue weighted by Gasteiger charge is -2.21. The van der Waals surface area contributed by atoms with Crippen molar-refractivity contribution in [3.8, 4) is 0 Å². The van der Waals surface area contributed by atoms with Crippen LogP contribution in [0.3, 0.4) is 0 Å². The van der Waals surface area contributed by atoms with Gasteiger partial charge in [0.15, 0.2) is 0 Å². The molecule has 1 atom stereocenters. The van der Waals surface area contributed by atoms with Crippen LogP contribution in [0.15, 0.2) is 0 Å². The molecule has 0 aromatic heterocycles. The van der Waals surface area contributed by atoms with Crippen LogP contribution in [-0.2, 0) is 9.63 Å². The predicted octanol–water partition coefficient (Wildman–Crippen LogP) is 0.105. The van der Waals surface area contributed by atoms with Gasteiger partial charge in [-0.2, -0.15) is 5.06 Å². The number of nitrogens with zero attached hydrogens (tertiary/aromatic N) is 2. The number of carbonyl (C=O) groups excluding carboxylic acids is 1. The fraction of sp³-hybridized carbons (Fsp3) is 0.857. The largest absolute Gasteiger partial charge is 0.313 e. The molecule has 0 aliphatic carbocycles. The summed E-state index contributed by atoms with van der Waals surface area (Å²) in [7, 11) is 2.54. The Hall–Kier alpha value is -0.790. The van der Waals surface area contributed by atoms with E-state index >= 15 is 0 Å². The van der Waals surface area contributed by atoms with Crippen molar-refractivity contribution in [2.24, 2.45) is 0 Å². The Morgan fingerprint density at radius 2 is 2.29 bits per heavy atom. The summed E-state index contributed by atoms with van der Waals surface area (Å²) >= 11 is 0. The maximum Gasteiger partial charge on any atom is 0.265 e. The highest BCUT2D eigenvalue weighted by Crippen LogP contribution is 2.31. The molecule has 1 aliphatic rings. The van der Waals surface area contributed by atoms with Gasteiger partial charge in [-0.15, -0.1) is 0 Å². The lowest BCUT2D eigenvalue weighted by Crippen LogP contribution is -2.42. The van der Waals surface area contributed by atoms with Gasteiger partial charge in [0.05, 0.1) is 13.7 Å². The number of amides is 1. The molecule has 1 rings (SSSR count). The maximum atomic E-state index is 12.8. The number of carbonyl (C=O) groups is 1. The molecule has 1 amide bonds.